The maximum Gasteiger partial charge on any atom is 0.573 e. The van der Waals surface area contributed by atoms with Crippen LogP contribution in [0.3, 0.4) is 0 Å². The number of alkyl halides is 3. The molecule has 1 aliphatic rings. The first kappa shape index (κ1) is 23.5. The Balaban J connectivity index is 1.62. The Labute approximate surface area is 192 Å². The van der Waals surface area contributed by atoms with E-state index in [2.05, 4.69) is 22.0 Å². The predicted octanol–water partition coefficient (Wildman–Crippen LogP) is 6.02. The summed E-state index contributed by atoms with van der Waals surface area (Å²) in [6.45, 7) is 3.53. The van der Waals surface area contributed by atoms with Gasteiger partial charge < -0.3 is 15.0 Å². The number of carbonyl (C=O) groups excluding carboxylic acids is 1. The number of rotatable bonds is 5. The van der Waals surface area contributed by atoms with Gasteiger partial charge in [-0.15, -0.1) is 13.2 Å². The van der Waals surface area contributed by atoms with Gasteiger partial charge in [0.25, 0.3) is 5.91 Å². The van der Waals surface area contributed by atoms with E-state index in [-0.39, 0.29) is 16.8 Å². The molecule has 10 heteroatoms. The molecule has 0 spiro atoms. The molecule has 1 N–H and O–H groups in total. The second-order valence-corrected chi connectivity index (χ2v) is 8.12. The highest BCUT2D eigenvalue weighted by Gasteiger charge is 2.31. The zero-order valence-electron chi connectivity index (χ0n) is 18.0. The average molecular weight is 477 g/mol. The van der Waals surface area contributed by atoms with Gasteiger partial charge in [0.1, 0.15) is 23.2 Å². The summed E-state index contributed by atoms with van der Waals surface area (Å²) < 4.78 is 68.6. The fourth-order valence-electron chi connectivity index (χ4n) is 3.83. The Kier molecular flexibility index (Phi) is 6.41. The zero-order valence-corrected chi connectivity index (χ0v) is 18.0. The van der Waals surface area contributed by atoms with E-state index < -0.39 is 29.7 Å². The lowest BCUT2D eigenvalue weighted by Crippen LogP contribution is -2.22. The molecule has 1 amide bonds. The van der Waals surface area contributed by atoms with Crippen molar-refractivity contribution in [3.63, 3.8) is 0 Å². The molecule has 4 rings (SSSR count). The van der Waals surface area contributed by atoms with Crippen molar-refractivity contribution >= 4 is 17.4 Å². The van der Waals surface area contributed by atoms with E-state index in [1.54, 1.807) is 0 Å². The summed E-state index contributed by atoms with van der Waals surface area (Å²) in [6.07, 6.45) is -2.53. The maximum atomic E-state index is 13.9. The van der Waals surface area contributed by atoms with Crippen molar-refractivity contribution in [2.45, 2.75) is 19.7 Å². The normalized spacial score (nSPS) is 15.9. The molecule has 0 unspecified atom stereocenters. The van der Waals surface area contributed by atoms with Crippen LogP contribution < -0.4 is 15.0 Å². The number of carbonyl (C=O) groups is 1. The first-order chi connectivity index (χ1) is 16.1. The van der Waals surface area contributed by atoms with E-state index in [1.165, 1.54) is 36.5 Å². The van der Waals surface area contributed by atoms with Crippen molar-refractivity contribution in [3.8, 4) is 16.9 Å². The van der Waals surface area contributed by atoms with Crippen LogP contribution in [0.5, 0.6) is 5.75 Å². The molecule has 2 heterocycles. The quantitative estimate of drug-likeness (QED) is 0.457. The van der Waals surface area contributed by atoms with Gasteiger partial charge in [0.15, 0.2) is 0 Å². The lowest BCUT2D eigenvalue weighted by molar-refractivity contribution is -0.274. The van der Waals surface area contributed by atoms with Crippen LogP contribution in [0, 0.1) is 17.6 Å². The summed E-state index contributed by atoms with van der Waals surface area (Å²) in [7, 11) is 0. The summed E-state index contributed by atoms with van der Waals surface area (Å²) in [5, 5.41) is 2.57. The number of halogens is 5. The largest absolute Gasteiger partial charge is 0.573 e. The third-order valence-electron chi connectivity index (χ3n) is 5.37. The molecule has 34 heavy (non-hydrogen) atoms. The minimum atomic E-state index is -4.82. The van der Waals surface area contributed by atoms with E-state index in [0.717, 1.165) is 37.7 Å². The molecule has 2 aromatic carbocycles. The van der Waals surface area contributed by atoms with Crippen molar-refractivity contribution in [3.05, 3.63) is 71.9 Å². The van der Waals surface area contributed by atoms with Crippen LogP contribution in [0.25, 0.3) is 11.1 Å². The molecule has 178 valence electrons. The van der Waals surface area contributed by atoms with Gasteiger partial charge in [0.05, 0.1) is 5.56 Å². The van der Waals surface area contributed by atoms with Gasteiger partial charge in [-0.2, -0.15) is 0 Å². The second-order valence-electron chi connectivity index (χ2n) is 8.12. The van der Waals surface area contributed by atoms with Crippen molar-refractivity contribution < 1.29 is 31.5 Å². The average Bonchev–Trinajstić information content (AvgIpc) is 3.19. The standard InChI is InChI=1S/C24H20F5N3O2/c1-14-6-7-32(13-14)22-21(15-8-17(25)11-18(26)9-15)10-16(12-30-22)23(33)31-19-2-4-20(5-3-19)34-24(27,28)29/h2-5,8-12,14H,6-7,13H2,1H3,(H,31,33)/t14-/m1/s1. The molecule has 0 aliphatic carbocycles. The number of nitrogens with zero attached hydrogens (tertiary/aromatic N) is 2. The summed E-state index contributed by atoms with van der Waals surface area (Å²) in [6, 6.07) is 9.26. The number of benzene rings is 2. The van der Waals surface area contributed by atoms with Gasteiger partial charge in [-0.3, -0.25) is 4.79 Å². The van der Waals surface area contributed by atoms with Gasteiger partial charge in [-0.25, -0.2) is 13.8 Å². The van der Waals surface area contributed by atoms with E-state index in [0.29, 0.717) is 17.3 Å². The predicted molar refractivity (Wildman–Crippen MR) is 117 cm³/mol. The monoisotopic (exact) mass is 477 g/mol. The number of amides is 1. The Morgan fingerprint density at radius 3 is 2.35 bits per heavy atom. The van der Waals surface area contributed by atoms with Crippen molar-refractivity contribution in [2.75, 3.05) is 23.3 Å². The van der Waals surface area contributed by atoms with E-state index >= 15 is 0 Å². The molecule has 5 nitrogen and oxygen atoms in total. The number of aromatic nitrogens is 1. The van der Waals surface area contributed by atoms with Crippen molar-refractivity contribution in [1.29, 1.82) is 0 Å². The summed E-state index contributed by atoms with van der Waals surface area (Å²) >= 11 is 0. The maximum absolute atomic E-state index is 13.9. The minimum Gasteiger partial charge on any atom is -0.406 e. The van der Waals surface area contributed by atoms with Crippen LogP contribution in [0.4, 0.5) is 33.5 Å². The number of hydrogen-bond donors (Lipinski definition) is 1. The van der Waals surface area contributed by atoms with Crippen LogP contribution in [-0.2, 0) is 0 Å². The fourth-order valence-corrected chi connectivity index (χ4v) is 3.83. The third-order valence-corrected chi connectivity index (χ3v) is 5.37. The first-order valence-corrected chi connectivity index (χ1v) is 10.5. The highest BCUT2D eigenvalue weighted by atomic mass is 19.4. The topological polar surface area (TPSA) is 54.5 Å². The first-order valence-electron chi connectivity index (χ1n) is 10.5. The molecule has 1 saturated heterocycles. The molecular formula is C24H20F5N3O2. The Bertz CT molecular complexity index is 1180. The molecule has 1 aromatic heterocycles. The molecule has 0 bridgehead atoms. The Morgan fingerprint density at radius 1 is 1.09 bits per heavy atom. The molecule has 1 aliphatic heterocycles. The number of anilines is 2. The lowest BCUT2D eigenvalue weighted by Gasteiger charge is -2.21. The van der Waals surface area contributed by atoms with Crippen LogP contribution in [0.2, 0.25) is 0 Å². The SMILES string of the molecule is C[C@@H]1CCN(c2ncc(C(=O)Nc3ccc(OC(F)(F)F)cc3)cc2-c2cc(F)cc(F)c2)C1. The van der Waals surface area contributed by atoms with Gasteiger partial charge in [0, 0.05) is 36.6 Å². The molecule has 0 saturated carbocycles. The number of nitrogens with one attached hydrogen (secondary N) is 1. The van der Waals surface area contributed by atoms with Gasteiger partial charge in [-0.05, 0) is 60.4 Å². The molecule has 0 radical (unpaired) electrons. The summed E-state index contributed by atoms with van der Waals surface area (Å²) in [4.78, 5) is 19.2. The molecule has 1 fully saturated rings. The molecule has 3 aromatic rings. The fraction of sp³-hybridized carbons (Fsp3) is 0.250. The number of hydrogen-bond acceptors (Lipinski definition) is 4. The van der Waals surface area contributed by atoms with E-state index in [1.807, 2.05) is 4.90 Å². The highest BCUT2D eigenvalue weighted by molar-refractivity contribution is 6.05. The van der Waals surface area contributed by atoms with E-state index in [4.69, 9.17) is 0 Å². The Hall–Kier alpha value is -3.69. The third kappa shape index (κ3) is 5.62. The van der Waals surface area contributed by atoms with Crippen molar-refractivity contribution in [1.82, 2.24) is 4.98 Å². The Morgan fingerprint density at radius 2 is 1.76 bits per heavy atom. The van der Waals surface area contributed by atoms with Crippen LogP contribution in [0.1, 0.15) is 23.7 Å². The minimum absolute atomic E-state index is 0.117. The van der Waals surface area contributed by atoms with Crippen LogP contribution >= 0.6 is 0 Å². The summed E-state index contributed by atoms with van der Waals surface area (Å²) in [5.41, 5.74) is 0.985. The number of ether oxygens (including phenoxy) is 1. The van der Waals surface area contributed by atoms with Crippen molar-refractivity contribution in [2.24, 2.45) is 5.92 Å². The summed E-state index contributed by atoms with van der Waals surface area (Å²) in [5.74, 6) is -1.59. The van der Waals surface area contributed by atoms with Gasteiger partial charge in [-0.1, -0.05) is 6.92 Å². The van der Waals surface area contributed by atoms with Crippen LogP contribution in [-0.4, -0.2) is 30.3 Å². The van der Waals surface area contributed by atoms with Gasteiger partial charge >= 0.3 is 6.36 Å². The smallest absolute Gasteiger partial charge is 0.406 e. The number of pyridine rings is 1. The van der Waals surface area contributed by atoms with Crippen LogP contribution in [0.15, 0.2) is 54.7 Å². The van der Waals surface area contributed by atoms with E-state index in [9.17, 15) is 26.7 Å². The molecular weight excluding hydrogens is 457 g/mol. The zero-order chi connectivity index (χ0) is 24.5. The van der Waals surface area contributed by atoms with Gasteiger partial charge in [0.2, 0.25) is 0 Å². The second kappa shape index (κ2) is 9.28. The highest BCUT2D eigenvalue weighted by Crippen LogP contribution is 2.34. The lowest BCUT2D eigenvalue weighted by atomic mass is 10.0. The molecule has 1 atom stereocenters.